The molecule has 0 amide bonds. The molecule has 11 aromatic carbocycles. The Morgan fingerprint density at radius 2 is 0.758 bits per heavy atom. The minimum atomic E-state index is -0.311. The van der Waals surface area contributed by atoms with Gasteiger partial charge in [0.2, 0.25) is 0 Å². The van der Waals surface area contributed by atoms with Crippen molar-refractivity contribution in [3.05, 3.63) is 241 Å². The molecule has 0 saturated carbocycles. The third kappa shape index (κ3) is 5.55. The number of benzene rings is 11. The van der Waals surface area contributed by atoms with Gasteiger partial charge < -0.3 is 9.80 Å². The molecule has 2 aliphatic rings. The first-order chi connectivity index (χ1) is 32.3. The van der Waals surface area contributed by atoms with E-state index in [4.69, 9.17) is 0 Å². The van der Waals surface area contributed by atoms with Crippen molar-refractivity contribution in [1.82, 2.24) is 0 Å². The van der Waals surface area contributed by atoms with Gasteiger partial charge in [-0.05, 0) is 150 Å². The molecule has 0 spiro atoms. The summed E-state index contributed by atoms with van der Waals surface area (Å²) in [6, 6.07) is 81.2. The highest BCUT2D eigenvalue weighted by Gasteiger charge is 2.43. The Balaban J connectivity index is 1.12. The van der Waals surface area contributed by atoms with Crippen molar-refractivity contribution in [3.63, 3.8) is 0 Å². The number of fused-ring (bicyclic) bond motifs is 13. The number of nitrogens with zero attached hydrogens (tertiary/aromatic N) is 2. The van der Waals surface area contributed by atoms with E-state index in [0.29, 0.717) is 0 Å². The summed E-state index contributed by atoms with van der Waals surface area (Å²) in [6.07, 6.45) is 0. The van der Waals surface area contributed by atoms with Gasteiger partial charge in [-0.15, -0.1) is 0 Å². The molecule has 314 valence electrons. The Morgan fingerprint density at radius 1 is 0.288 bits per heavy atom. The van der Waals surface area contributed by atoms with Crippen molar-refractivity contribution in [3.8, 4) is 22.3 Å². The molecule has 11 aromatic rings. The quantitative estimate of drug-likeness (QED) is 0.154. The fourth-order valence-electron chi connectivity index (χ4n) is 11.8. The van der Waals surface area contributed by atoms with Crippen LogP contribution in [0, 0.1) is 0 Å². The van der Waals surface area contributed by atoms with Crippen molar-refractivity contribution in [2.45, 2.75) is 38.5 Å². The first-order valence-corrected chi connectivity index (χ1v) is 23.3. The van der Waals surface area contributed by atoms with Gasteiger partial charge in [-0.2, -0.15) is 0 Å². The average molecular weight is 845 g/mol. The summed E-state index contributed by atoms with van der Waals surface area (Å²) >= 11 is 0. The molecule has 2 nitrogen and oxygen atoms in total. The Labute approximate surface area is 386 Å². The Morgan fingerprint density at radius 3 is 1.36 bits per heavy atom. The predicted octanol–water partition coefficient (Wildman–Crippen LogP) is 17.9. The van der Waals surface area contributed by atoms with Gasteiger partial charge in [0, 0.05) is 44.4 Å². The summed E-state index contributed by atoms with van der Waals surface area (Å²) in [5.41, 5.74) is 17.4. The van der Waals surface area contributed by atoms with E-state index in [-0.39, 0.29) is 10.8 Å². The van der Waals surface area contributed by atoms with Gasteiger partial charge in [0.05, 0.1) is 11.4 Å². The molecule has 2 heteroatoms. The van der Waals surface area contributed by atoms with E-state index in [1.54, 1.807) is 0 Å². The summed E-state index contributed by atoms with van der Waals surface area (Å²) in [6.45, 7) is 9.73. The third-order valence-corrected chi connectivity index (χ3v) is 14.9. The fraction of sp³-hybridized carbons (Fsp3) is 0.0938. The minimum Gasteiger partial charge on any atom is -0.310 e. The van der Waals surface area contributed by atoms with Gasteiger partial charge in [-0.1, -0.05) is 173 Å². The van der Waals surface area contributed by atoms with Crippen LogP contribution in [-0.2, 0) is 10.8 Å². The second-order valence-electron chi connectivity index (χ2n) is 19.3. The molecule has 2 aliphatic carbocycles. The topological polar surface area (TPSA) is 6.48 Å². The van der Waals surface area contributed by atoms with Crippen molar-refractivity contribution >= 4 is 77.2 Å². The maximum Gasteiger partial charge on any atom is 0.0540 e. The van der Waals surface area contributed by atoms with Crippen molar-refractivity contribution in [1.29, 1.82) is 0 Å². The normalized spacial score (nSPS) is 14.0. The van der Waals surface area contributed by atoms with E-state index in [9.17, 15) is 0 Å². The number of para-hydroxylation sites is 2. The van der Waals surface area contributed by atoms with Gasteiger partial charge in [-0.25, -0.2) is 0 Å². The zero-order valence-corrected chi connectivity index (χ0v) is 37.7. The highest BCUT2D eigenvalue weighted by molar-refractivity contribution is 6.20. The lowest BCUT2D eigenvalue weighted by molar-refractivity contribution is 0.654. The number of anilines is 6. The lowest BCUT2D eigenvalue weighted by Gasteiger charge is -2.29. The maximum atomic E-state index is 2.58. The Hall–Kier alpha value is -7.94. The van der Waals surface area contributed by atoms with E-state index in [1.807, 2.05) is 0 Å². The SMILES string of the molecule is CC1(C)c2ccccc2-c2cc3c(cc21)-c1c(c2cc(N(c4ccccc4)c4cccc5ccccc45)ccc2c2ccc(N(c4ccccc4)c4cccc5ccccc45)cc12)C3(C)C. The van der Waals surface area contributed by atoms with E-state index in [0.717, 1.165) is 34.1 Å². The van der Waals surface area contributed by atoms with Gasteiger partial charge in [0.15, 0.2) is 0 Å². The van der Waals surface area contributed by atoms with Crippen LogP contribution in [0.25, 0.3) is 65.3 Å². The predicted molar refractivity (Wildman–Crippen MR) is 281 cm³/mol. The Kier molecular flexibility index (Phi) is 8.33. The van der Waals surface area contributed by atoms with Crippen LogP contribution in [0.4, 0.5) is 34.1 Å². The standard InChI is InChI=1S/C64H48N2/c1-63(2)56-30-16-15-29-51(56)52-39-58-55(40-57(52)63)61-53-37-45(65(43-23-7-5-8-24-43)59-31-17-21-41-19-11-13-27-47(41)59)33-35-49(53)50-36-34-46(38-54(50)62(61)64(58,3)4)66(44-25-9-6-10-26-44)60-32-18-22-42-20-12-14-28-48(42)60/h5-40H,1-4H3. The van der Waals surface area contributed by atoms with Gasteiger partial charge in [-0.3, -0.25) is 0 Å². The smallest absolute Gasteiger partial charge is 0.0540 e. The molecule has 66 heavy (non-hydrogen) atoms. The van der Waals surface area contributed by atoms with Crippen molar-refractivity contribution in [2.75, 3.05) is 9.80 Å². The molecule has 0 aliphatic heterocycles. The third-order valence-electron chi connectivity index (χ3n) is 14.9. The lowest BCUT2D eigenvalue weighted by atomic mass is 9.78. The van der Waals surface area contributed by atoms with Crippen LogP contribution in [0.15, 0.2) is 218 Å². The van der Waals surface area contributed by atoms with Crippen LogP contribution in [0.1, 0.15) is 49.9 Å². The molecule has 0 unspecified atom stereocenters. The highest BCUT2D eigenvalue weighted by Crippen LogP contribution is 2.60. The molecule has 0 saturated heterocycles. The summed E-state index contributed by atoms with van der Waals surface area (Å²) in [7, 11) is 0. The van der Waals surface area contributed by atoms with Crippen LogP contribution >= 0.6 is 0 Å². The van der Waals surface area contributed by atoms with Crippen LogP contribution in [0.3, 0.4) is 0 Å². The second-order valence-corrected chi connectivity index (χ2v) is 19.3. The maximum absolute atomic E-state index is 2.58. The molecule has 0 aromatic heterocycles. The summed E-state index contributed by atoms with van der Waals surface area (Å²) in [5.74, 6) is 0. The first-order valence-electron chi connectivity index (χ1n) is 23.3. The number of hydrogen-bond donors (Lipinski definition) is 0. The number of rotatable bonds is 6. The van der Waals surface area contributed by atoms with Crippen molar-refractivity contribution < 1.29 is 0 Å². The van der Waals surface area contributed by atoms with E-state index in [1.165, 1.54) is 87.6 Å². The molecule has 0 N–H and O–H groups in total. The van der Waals surface area contributed by atoms with Gasteiger partial charge in [0.1, 0.15) is 0 Å². The average Bonchev–Trinajstić information content (AvgIpc) is 3.73. The van der Waals surface area contributed by atoms with Crippen LogP contribution in [0.5, 0.6) is 0 Å². The molecule has 0 fully saturated rings. The molecule has 0 bridgehead atoms. The molecule has 0 atom stereocenters. The van der Waals surface area contributed by atoms with Gasteiger partial charge >= 0.3 is 0 Å². The lowest BCUT2D eigenvalue weighted by Crippen LogP contribution is -2.17. The van der Waals surface area contributed by atoms with E-state index < -0.39 is 0 Å². The largest absolute Gasteiger partial charge is 0.310 e. The van der Waals surface area contributed by atoms with Crippen LogP contribution in [0.2, 0.25) is 0 Å². The van der Waals surface area contributed by atoms with E-state index >= 15 is 0 Å². The molecular weight excluding hydrogens is 797 g/mol. The number of hydrogen-bond acceptors (Lipinski definition) is 2. The second kappa shape index (κ2) is 14.3. The van der Waals surface area contributed by atoms with Crippen LogP contribution in [-0.4, -0.2) is 0 Å². The zero-order chi connectivity index (χ0) is 44.3. The van der Waals surface area contributed by atoms with Crippen molar-refractivity contribution in [2.24, 2.45) is 0 Å². The van der Waals surface area contributed by atoms with Crippen LogP contribution < -0.4 is 9.80 Å². The minimum absolute atomic E-state index is 0.133. The molecule has 0 heterocycles. The molecule has 13 rings (SSSR count). The Bertz CT molecular complexity index is 3760. The molecule has 0 radical (unpaired) electrons. The van der Waals surface area contributed by atoms with Gasteiger partial charge in [0.25, 0.3) is 0 Å². The fourth-order valence-corrected chi connectivity index (χ4v) is 11.8. The monoisotopic (exact) mass is 844 g/mol. The summed E-state index contributed by atoms with van der Waals surface area (Å²) < 4.78 is 0. The zero-order valence-electron chi connectivity index (χ0n) is 37.7. The first kappa shape index (κ1) is 38.5. The molecular formula is C64H48N2. The summed E-state index contributed by atoms with van der Waals surface area (Å²) in [4.78, 5) is 4.90. The highest BCUT2D eigenvalue weighted by atomic mass is 15.1. The summed E-state index contributed by atoms with van der Waals surface area (Å²) in [5, 5.41) is 9.98. The van der Waals surface area contributed by atoms with E-state index in [2.05, 4.69) is 256 Å².